The molecule has 0 saturated heterocycles. The topological polar surface area (TPSA) is 38.5 Å². The molecule has 0 aliphatic heterocycles. The number of hydrogen-bond acceptors (Lipinski definition) is 3. The normalized spacial score (nSPS) is 14.8. The molecule has 18 heavy (non-hydrogen) atoms. The predicted octanol–water partition coefficient (Wildman–Crippen LogP) is 2.15. The monoisotopic (exact) mass is 252 g/mol. The molecule has 0 heterocycles. The summed E-state index contributed by atoms with van der Waals surface area (Å²) in [4.78, 5) is 2.00. The van der Waals surface area contributed by atoms with Crippen molar-refractivity contribution in [2.45, 2.75) is 19.4 Å². The Morgan fingerprint density at radius 2 is 2.22 bits per heavy atom. The summed E-state index contributed by atoms with van der Waals surface area (Å²) in [6.07, 6.45) is 2.61. The molecule has 1 aromatic rings. The molecule has 0 amide bonds. The number of hydrogen-bond donors (Lipinski definition) is 1. The standard InChI is InChI=1S/C14H21FN2O/c1-17(7-8-18-10-11-5-6-11)14-4-2-3-13(15)12(14)9-16/h2-4,11H,5-10,16H2,1H3. The smallest absolute Gasteiger partial charge is 0.129 e. The van der Waals surface area contributed by atoms with Crippen LogP contribution in [-0.4, -0.2) is 26.8 Å². The summed E-state index contributed by atoms with van der Waals surface area (Å²) in [7, 11) is 1.94. The van der Waals surface area contributed by atoms with Crippen LogP contribution >= 0.6 is 0 Å². The van der Waals surface area contributed by atoms with Crippen LogP contribution in [0, 0.1) is 11.7 Å². The van der Waals surface area contributed by atoms with Crippen molar-refractivity contribution in [1.29, 1.82) is 0 Å². The second-order valence-corrected chi connectivity index (χ2v) is 4.88. The lowest BCUT2D eigenvalue weighted by atomic mass is 10.1. The molecule has 4 heteroatoms. The Bertz CT molecular complexity index is 393. The number of nitrogens with zero attached hydrogens (tertiary/aromatic N) is 1. The number of benzene rings is 1. The minimum atomic E-state index is -0.235. The van der Waals surface area contributed by atoms with Gasteiger partial charge in [0.25, 0.3) is 0 Å². The molecule has 0 radical (unpaired) electrons. The highest BCUT2D eigenvalue weighted by atomic mass is 19.1. The van der Waals surface area contributed by atoms with E-state index < -0.39 is 0 Å². The molecule has 0 spiro atoms. The summed E-state index contributed by atoms with van der Waals surface area (Å²) >= 11 is 0. The molecule has 2 N–H and O–H groups in total. The highest BCUT2D eigenvalue weighted by molar-refractivity contribution is 5.53. The highest BCUT2D eigenvalue weighted by Crippen LogP contribution is 2.28. The van der Waals surface area contributed by atoms with E-state index in [1.54, 1.807) is 6.07 Å². The fraction of sp³-hybridized carbons (Fsp3) is 0.571. The largest absolute Gasteiger partial charge is 0.379 e. The molecule has 0 unspecified atom stereocenters. The third-order valence-electron chi connectivity index (χ3n) is 3.33. The first-order valence-electron chi connectivity index (χ1n) is 6.48. The van der Waals surface area contributed by atoms with Crippen LogP contribution in [0.5, 0.6) is 0 Å². The van der Waals surface area contributed by atoms with E-state index in [9.17, 15) is 4.39 Å². The Morgan fingerprint density at radius 3 is 2.89 bits per heavy atom. The molecule has 100 valence electrons. The summed E-state index contributed by atoms with van der Waals surface area (Å²) in [6, 6.07) is 5.06. The van der Waals surface area contributed by atoms with Gasteiger partial charge in [0.1, 0.15) is 5.82 Å². The van der Waals surface area contributed by atoms with Crippen LogP contribution in [-0.2, 0) is 11.3 Å². The lowest BCUT2D eigenvalue weighted by Crippen LogP contribution is -2.25. The lowest BCUT2D eigenvalue weighted by molar-refractivity contribution is 0.131. The summed E-state index contributed by atoms with van der Waals surface area (Å²) < 4.78 is 19.2. The third-order valence-corrected chi connectivity index (χ3v) is 3.33. The molecule has 0 bridgehead atoms. The average molecular weight is 252 g/mol. The molecule has 1 aromatic carbocycles. The molecule has 0 atom stereocenters. The van der Waals surface area contributed by atoms with Crippen LogP contribution in [0.1, 0.15) is 18.4 Å². The van der Waals surface area contributed by atoms with Crippen molar-refractivity contribution in [2.75, 3.05) is 31.7 Å². The number of halogens is 1. The summed E-state index contributed by atoms with van der Waals surface area (Å²) in [6.45, 7) is 2.51. The molecule has 1 aliphatic carbocycles. The predicted molar refractivity (Wildman–Crippen MR) is 71.1 cm³/mol. The number of rotatable bonds is 7. The maximum atomic E-state index is 13.6. The highest BCUT2D eigenvalue weighted by Gasteiger charge is 2.21. The van der Waals surface area contributed by atoms with Gasteiger partial charge in [0.05, 0.1) is 6.61 Å². The van der Waals surface area contributed by atoms with E-state index in [-0.39, 0.29) is 12.4 Å². The van der Waals surface area contributed by atoms with Gasteiger partial charge in [-0.25, -0.2) is 4.39 Å². The molecule has 3 nitrogen and oxygen atoms in total. The first-order chi connectivity index (χ1) is 8.72. The molecular formula is C14H21FN2O. The van der Waals surface area contributed by atoms with E-state index in [1.165, 1.54) is 18.9 Å². The SMILES string of the molecule is CN(CCOCC1CC1)c1cccc(F)c1CN. The van der Waals surface area contributed by atoms with Crippen LogP contribution in [0.25, 0.3) is 0 Å². The van der Waals surface area contributed by atoms with Gasteiger partial charge in [-0.2, -0.15) is 0 Å². The Morgan fingerprint density at radius 1 is 1.44 bits per heavy atom. The summed E-state index contributed by atoms with van der Waals surface area (Å²) in [5, 5.41) is 0. The Hall–Kier alpha value is -1.13. The van der Waals surface area contributed by atoms with Crippen molar-refractivity contribution in [3.05, 3.63) is 29.6 Å². The van der Waals surface area contributed by atoms with E-state index >= 15 is 0 Å². The minimum Gasteiger partial charge on any atom is -0.379 e. The van der Waals surface area contributed by atoms with Crippen molar-refractivity contribution in [3.8, 4) is 0 Å². The van der Waals surface area contributed by atoms with Crippen LogP contribution in [0.2, 0.25) is 0 Å². The Balaban J connectivity index is 1.86. The van der Waals surface area contributed by atoms with Crippen molar-refractivity contribution >= 4 is 5.69 Å². The van der Waals surface area contributed by atoms with Crippen molar-refractivity contribution in [2.24, 2.45) is 11.7 Å². The van der Waals surface area contributed by atoms with Crippen LogP contribution in [0.4, 0.5) is 10.1 Å². The Labute approximate surface area is 108 Å². The van der Waals surface area contributed by atoms with Gasteiger partial charge in [-0.3, -0.25) is 0 Å². The van der Waals surface area contributed by atoms with Crippen molar-refractivity contribution in [3.63, 3.8) is 0 Å². The van der Waals surface area contributed by atoms with E-state index in [0.717, 1.165) is 24.8 Å². The lowest BCUT2D eigenvalue weighted by Gasteiger charge is -2.22. The zero-order valence-electron chi connectivity index (χ0n) is 10.9. The minimum absolute atomic E-state index is 0.218. The quantitative estimate of drug-likeness (QED) is 0.756. The maximum absolute atomic E-state index is 13.6. The molecular weight excluding hydrogens is 231 g/mol. The fourth-order valence-electron chi connectivity index (χ4n) is 1.96. The van der Waals surface area contributed by atoms with Gasteiger partial charge < -0.3 is 15.4 Å². The van der Waals surface area contributed by atoms with Gasteiger partial charge in [0.15, 0.2) is 0 Å². The molecule has 0 aromatic heterocycles. The number of ether oxygens (including phenoxy) is 1. The Kier molecular flexibility index (Phi) is 4.55. The zero-order valence-corrected chi connectivity index (χ0v) is 10.9. The molecule has 1 fully saturated rings. The van der Waals surface area contributed by atoms with E-state index in [1.807, 2.05) is 18.0 Å². The number of anilines is 1. The maximum Gasteiger partial charge on any atom is 0.129 e. The average Bonchev–Trinajstić information content (AvgIpc) is 3.18. The van der Waals surface area contributed by atoms with Gasteiger partial charge >= 0.3 is 0 Å². The second-order valence-electron chi connectivity index (χ2n) is 4.88. The number of likely N-dealkylation sites (N-methyl/N-ethyl adjacent to an activating group) is 1. The van der Waals surface area contributed by atoms with Crippen LogP contribution in [0.15, 0.2) is 18.2 Å². The van der Waals surface area contributed by atoms with Gasteiger partial charge in [-0.1, -0.05) is 6.07 Å². The molecule has 1 saturated carbocycles. The van der Waals surface area contributed by atoms with Gasteiger partial charge in [-0.05, 0) is 30.9 Å². The van der Waals surface area contributed by atoms with E-state index in [4.69, 9.17) is 10.5 Å². The van der Waals surface area contributed by atoms with E-state index in [0.29, 0.717) is 12.2 Å². The zero-order chi connectivity index (χ0) is 13.0. The van der Waals surface area contributed by atoms with Crippen molar-refractivity contribution in [1.82, 2.24) is 0 Å². The van der Waals surface area contributed by atoms with Crippen molar-refractivity contribution < 1.29 is 9.13 Å². The first-order valence-corrected chi connectivity index (χ1v) is 6.48. The van der Waals surface area contributed by atoms with Gasteiger partial charge in [0, 0.05) is 38.0 Å². The van der Waals surface area contributed by atoms with Crippen LogP contribution < -0.4 is 10.6 Å². The van der Waals surface area contributed by atoms with Crippen LogP contribution in [0.3, 0.4) is 0 Å². The summed E-state index contributed by atoms with van der Waals surface area (Å²) in [5.74, 6) is 0.546. The number of nitrogens with two attached hydrogens (primary N) is 1. The fourth-order valence-corrected chi connectivity index (χ4v) is 1.96. The first kappa shape index (κ1) is 13.3. The third kappa shape index (κ3) is 3.43. The van der Waals surface area contributed by atoms with Gasteiger partial charge in [-0.15, -0.1) is 0 Å². The molecule has 2 rings (SSSR count). The molecule has 1 aliphatic rings. The second kappa shape index (κ2) is 6.16. The van der Waals surface area contributed by atoms with E-state index in [2.05, 4.69) is 0 Å². The van der Waals surface area contributed by atoms with Gasteiger partial charge in [0.2, 0.25) is 0 Å². The summed E-state index contributed by atoms with van der Waals surface area (Å²) in [5.41, 5.74) is 7.02.